The maximum atomic E-state index is 4.35. The summed E-state index contributed by atoms with van der Waals surface area (Å²) >= 11 is 4.00. The van der Waals surface area contributed by atoms with Gasteiger partial charge in [-0.1, -0.05) is 6.07 Å². The number of thiazole rings is 1. The smallest absolute Gasteiger partial charge is 0.113 e. The van der Waals surface area contributed by atoms with Gasteiger partial charge in [0.2, 0.25) is 0 Å². The van der Waals surface area contributed by atoms with Crippen molar-refractivity contribution in [3.05, 3.63) is 50.6 Å². The zero-order valence-electron chi connectivity index (χ0n) is 9.43. The lowest BCUT2D eigenvalue weighted by Gasteiger charge is -2.07. The average molecular weight is 367 g/mol. The number of benzene rings is 1. The molecule has 18 heavy (non-hydrogen) atoms. The number of hydrogen-bond acceptors (Lipinski definition) is 4. The van der Waals surface area contributed by atoms with E-state index in [9.17, 15) is 0 Å². The van der Waals surface area contributed by atoms with Crippen molar-refractivity contribution in [2.75, 3.05) is 5.32 Å². The molecule has 3 nitrogen and oxygen atoms in total. The Bertz CT molecular complexity index is 675. The number of nitrogens with zero attached hydrogens (tertiary/aromatic N) is 2. The first kappa shape index (κ1) is 11.9. The van der Waals surface area contributed by atoms with Gasteiger partial charge in [0.25, 0.3) is 0 Å². The van der Waals surface area contributed by atoms with Gasteiger partial charge in [-0.2, -0.15) is 0 Å². The van der Waals surface area contributed by atoms with E-state index in [0.717, 1.165) is 28.1 Å². The standard InChI is InChI=1S/C13H10IN3S/c14-12-7-17-13(18-12)8-16-11-5-1-4-10-9(11)3-2-6-15-10/h1-7,16H,8H2. The molecule has 2 heterocycles. The minimum Gasteiger partial charge on any atom is -0.378 e. The number of nitrogens with one attached hydrogen (secondary N) is 1. The second kappa shape index (κ2) is 5.19. The fraction of sp³-hybridized carbons (Fsp3) is 0.0769. The second-order valence-electron chi connectivity index (χ2n) is 3.79. The summed E-state index contributed by atoms with van der Waals surface area (Å²) in [6, 6.07) is 10.1. The molecule has 0 saturated carbocycles. The highest BCUT2D eigenvalue weighted by molar-refractivity contribution is 14.1. The Morgan fingerprint density at radius 1 is 1.17 bits per heavy atom. The third kappa shape index (κ3) is 2.46. The summed E-state index contributed by atoms with van der Waals surface area (Å²) in [6.45, 7) is 0.752. The van der Waals surface area contributed by atoms with Crippen molar-refractivity contribution in [1.82, 2.24) is 9.97 Å². The van der Waals surface area contributed by atoms with Crippen LogP contribution in [0.3, 0.4) is 0 Å². The molecular weight excluding hydrogens is 357 g/mol. The van der Waals surface area contributed by atoms with Gasteiger partial charge in [0.1, 0.15) is 5.01 Å². The molecule has 0 amide bonds. The molecule has 3 rings (SSSR count). The lowest BCUT2D eigenvalue weighted by Crippen LogP contribution is -1.99. The van der Waals surface area contributed by atoms with E-state index in [4.69, 9.17) is 0 Å². The van der Waals surface area contributed by atoms with E-state index in [1.807, 2.05) is 30.6 Å². The van der Waals surface area contributed by atoms with Gasteiger partial charge >= 0.3 is 0 Å². The van der Waals surface area contributed by atoms with Crippen molar-refractivity contribution in [3.63, 3.8) is 0 Å². The molecular formula is C13H10IN3S. The summed E-state index contributed by atoms with van der Waals surface area (Å²) in [5, 5.41) is 5.66. The average Bonchev–Trinajstić information content (AvgIpc) is 2.82. The van der Waals surface area contributed by atoms with Crippen LogP contribution >= 0.6 is 33.9 Å². The highest BCUT2D eigenvalue weighted by Gasteiger charge is 2.03. The van der Waals surface area contributed by atoms with E-state index in [0.29, 0.717) is 0 Å². The van der Waals surface area contributed by atoms with Crippen LogP contribution in [-0.4, -0.2) is 9.97 Å². The molecule has 90 valence electrons. The Morgan fingerprint density at radius 3 is 2.94 bits per heavy atom. The number of halogens is 1. The number of pyridine rings is 1. The Kier molecular flexibility index (Phi) is 3.42. The fourth-order valence-corrected chi connectivity index (χ4v) is 3.28. The summed E-state index contributed by atoms with van der Waals surface area (Å²) < 4.78 is 1.21. The van der Waals surface area contributed by atoms with Crippen LogP contribution in [0.5, 0.6) is 0 Å². The van der Waals surface area contributed by atoms with Gasteiger partial charge in [-0.3, -0.25) is 4.98 Å². The molecule has 0 radical (unpaired) electrons. The molecule has 0 aliphatic heterocycles. The SMILES string of the molecule is Ic1cnc(CNc2cccc3ncccc23)s1. The first-order valence-electron chi connectivity index (χ1n) is 5.51. The molecule has 2 aromatic heterocycles. The zero-order chi connectivity index (χ0) is 12.4. The number of fused-ring (bicyclic) bond motifs is 1. The Balaban J connectivity index is 1.86. The van der Waals surface area contributed by atoms with Crippen molar-refractivity contribution in [1.29, 1.82) is 0 Å². The first-order chi connectivity index (χ1) is 8.83. The second-order valence-corrected chi connectivity index (χ2v) is 6.80. The molecule has 0 saturated heterocycles. The molecule has 0 aliphatic carbocycles. The summed E-state index contributed by atoms with van der Waals surface area (Å²) in [6.07, 6.45) is 3.71. The largest absolute Gasteiger partial charge is 0.378 e. The van der Waals surface area contributed by atoms with E-state index in [1.54, 1.807) is 11.3 Å². The van der Waals surface area contributed by atoms with Crippen molar-refractivity contribution in [3.8, 4) is 0 Å². The van der Waals surface area contributed by atoms with E-state index < -0.39 is 0 Å². The summed E-state index contributed by atoms with van der Waals surface area (Å²) in [4.78, 5) is 8.69. The monoisotopic (exact) mass is 367 g/mol. The van der Waals surface area contributed by atoms with Crippen LogP contribution in [0.2, 0.25) is 0 Å². The summed E-state index contributed by atoms with van der Waals surface area (Å²) in [5.41, 5.74) is 2.11. The third-order valence-corrected chi connectivity index (χ3v) is 4.33. The summed E-state index contributed by atoms with van der Waals surface area (Å²) in [5.74, 6) is 0. The minimum atomic E-state index is 0.752. The molecule has 0 aliphatic rings. The summed E-state index contributed by atoms with van der Waals surface area (Å²) in [7, 11) is 0. The van der Waals surface area contributed by atoms with Crippen LogP contribution in [0.4, 0.5) is 5.69 Å². The molecule has 0 spiro atoms. The maximum Gasteiger partial charge on any atom is 0.113 e. The van der Waals surface area contributed by atoms with Crippen LogP contribution < -0.4 is 5.32 Å². The molecule has 3 aromatic rings. The lowest BCUT2D eigenvalue weighted by molar-refractivity contribution is 1.11. The van der Waals surface area contributed by atoms with Gasteiger partial charge in [0, 0.05) is 17.3 Å². The van der Waals surface area contributed by atoms with Gasteiger partial charge in [-0.05, 0) is 46.9 Å². The van der Waals surface area contributed by atoms with Crippen molar-refractivity contribution in [2.45, 2.75) is 6.54 Å². The highest BCUT2D eigenvalue weighted by atomic mass is 127. The van der Waals surface area contributed by atoms with Gasteiger partial charge in [-0.25, -0.2) is 4.98 Å². The quantitative estimate of drug-likeness (QED) is 0.714. The predicted octanol–water partition coefficient (Wildman–Crippen LogP) is 3.91. The number of rotatable bonds is 3. The first-order valence-corrected chi connectivity index (χ1v) is 7.40. The van der Waals surface area contributed by atoms with Crippen LogP contribution in [0, 0.1) is 2.88 Å². The van der Waals surface area contributed by atoms with Crippen LogP contribution in [0.25, 0.3) is 10.9 Å². The Labute approximate surface area is 122 Å². The molecule has 0 fully saturated rings. The Morgan fingerprint density at radius 2 is 2.11 bits per heavy atom. The van der Waals surface area contributed by atoms with Crippen LogP contribution in [0.1, 0.15) is 5.01 Å². The number of hydrogen-bond donors (Lipinski definition) is 1. The number of aromatic nitrogens is 2. The predicted molar refractivity (Wildman–Crippen MR) is 83.9 cm³/mol. The fourth-order valence-electron chi connectivity index (χ4n) is 1.80. The maximum absolute atomic E-state index is 4.35. The van der Waals surface area contributed by atoms with Crippen molar-refractivity contribution >= 4 is 50.5 Å². The van der Waals surface area contributed by atoms with Gasteiger partial charge < -0.3 is 5.32 Å². The van der Waals surface area contributed by atoms with E-state index in [2.05, 4.69) is 50.0 Å². The van der Waals surface area contributed by atoms with E-state index >= 15 is 0 Å². The molecule has 1 aromatic carbocycles. The van der Waals surface area contributed by atoms with Crippen LogP contribution in [-0.2, 0) is 6.54 Å². The molecule has 0 atom stereocenters. The normalized spacial score (nSPS) is 10.7. The molecule has 5 heteroatoms. The molecule has 1 N–H and O–H groups in total. The van der Waals surface area contributed by atoms with Crippen molar-refractivity contribution in [2.24, 2.45) is 0 Å². The van der Waals surface area contributed by atoms with Crippen molar-refractivity contribution < 1.29 is 0 Å². The molecule has 0 unspecified atom stereocenters. The van der Waals surface area contributed by atoms with Crippen LogP contribution in [0.15, 0.2) is 42.7 Å². The van der Waals surface area contributed by atoms with E-state index in [1.165, 1.54) is 2.88 Å². The van der Waals surface area contributed by atoms with E-state index in [-0.39, 0.29) is 0 Å². The third-order valence-electron chi connectivity index (χ3n) is 2.60. The van der Waals surface area contributed by atoms with Gasteiger partial charge in [0.15, 0.2) is 0 Å². The number of anilines is 1. The minimum absolute atomic E-state index is 0.752. The zero-order valence-corrected chi connectivity index (χ0v) is 12.4. The Hall–Kier alpha value is -1.21. The lowest BCUT2D eigenvalue weighted by atomic mass is 10.2. The van der Waals surface area contributed by atoms with Gasteiger partial charge in [0.05, 0.1) is 21.1 Å². The topological polar surface area (TPSA) is 37.8 Å². The highest BCUT2D eigenvalue weighted by Crippen LogP contribution is 2.22. The molecule has 0 bridgehead atoms. The van der Waals surface area contributed by atoms with Gasteiger partial charge in [-0.15, -0.1) is 11.3 Å².